The minimum Gasteiger partial charge on any atom is -0.353 e. The molecule has 1 unspecified atom stereocenters. The number of hydrogen-bond acceptors (Lipinski definition) is 4. The van der Waals surface area contributed by atoms with E-state index in [-0.39, 0.29) is 0 Å². The topological polar surface area (TPSA) is 41.1 Å². The van der Waals surface area contributed by atoms with Crippen LogP contribution in [0.5, 0.6) is 0 Å². The molecule has 1 fully saturated rings. The standard InChI is InChI=1S/C18H23ClN4/c1-3-15-6-4-5-11-23(15)17-9-10-20-18(22-17)21-16-12-14(19)8-7-13(16)2/h7-10,12,15H,3-6,11H2,1-2H3,(H,20,21,22). The Labute approximate surface area is 142 Å². The Morgan fingerprint density at radius 3 is 3.00 bits per heavy atom. The summed E-state index contributed by atoms with van der Waals surface area (Å²) in [6.45, 7) is 5.37. The highest BCUT2D eigenvalue weighted by molar-refractivity contribution is 6.30. The molecule has 2 heterocycles. The van der Waals surface area contributed by atoms with E-state index < -0.39 is 0 Å². The first kappa shape index (κ1) is 16.1. The van der Waals surface area contributed by atoms with Crippen LogP contribution in [0.3, 0.4) is 0 Å². The second-order valence-corrected chi connectivity index (χ2v) is 6.51. The van der Waals surface area contributed by atoms with Crippen LogP contribution in [0.25, 0.3) is 0 Å². The highest BCUT2D eigenvalue weighted by Gasteiger charge is 2.22. The van der Waals surface area contributed by atoms with Gasteiger partial charge in [0.25, 0.3) is 0 Å². The van der Waals surface area contributed by atoms with E-state index in [1.807, 2.05) is 37.4 Å². The van der Waals surface area contributed by atoms with Crippen LogP contribution in [0, 0.1) is 6.92 Å². The van der Waals surface area contributed by atoms with Gasteiger partial charge in [-0.15, -0.1) is 0 Å². The summed E-state index contributed by atoms with van der Waals surface area (Å²) in [5.74, 6) is 1.63. The van der Waals surface area contributed by atoms with Crippen LogP contribution >= 0.6 is 11.6 Å². The maximum absolute atomic E-state index is 6.08. The number of nitrogens with one attached hydrogen (secondary N) is 1. The molecule has 1 N–H and O–H groups in total. The highest BCUT2D eigenvalue weighted by Crippen LogP contribution is 2.27. The lowest BCUT2D eigenvalue weighted by Crippen LogP contribution is -2.39. The van der Waals surface area contributed by atoms with Crippen LogP contribution in [-0.4, -0.2) is 22.6 Å². The smallest absolute Gasteiger partial charge is 0.229 e. The van der Waals surface area contributed by atoms with E-state index in [0.717, 1.165) is 30.0 Å². The Morgan fingerprint density at radius 1 is 1.30 bits per heavy atom. The number of rotatable bonds is 4. The van der Waals surface area contributed by atoms with Gasteiger partial charge in [0, 0.05) is 29.5 Å². The van der Waals surface area contributed by atoms with E-state index in [1.165, 1.54) is 19.3 Å². The maximum atomic E-state index is 6.08. The van der Waals surface area contributed by atoms with Crippen molar-refractivity contribution in [1.82, 2.24) is 9.97 Å². The molecule has 1 atom stereocenters. The van der Waals surface area contributed by atoms with Gasteiger partial charge in [0.2, 0.25) is 5.95 Å². The Morgan fingerprint density at radius 2 is 2.17 bits per heavy atom. The van der Waals surface area contributed by atoms with Crippen molar-refractivity contribution in [3.8, 4) is 0 Å². The SMILES string of the molecule is CCC1CCCCN1c1ccnc(Nc2cc(Cl)ccc2C)n1. The van der Waals surface area contributed by atoms with Gasteiger partial charge in [0.1, 0.15) is 5.82 Å². The first-order valence-corrected chi connectivity index (χ1v) is 8.68. The molecule has 0 radical (unpaired) electrons. The molecule has 4 nitrogen and oxygen atoms in total. The molecule has 0 bridgehead atoms. The molecule has 0 aliphatic carbocycles. The van der Waals surface area contributed by atoms with E-state index in [2.05, 4.69) is 22.1 Å². The second kappa shape index (κ2) is 7.18. The number of benzene rings is 1. The van der Waals surface area contributed by atoms with Crippen molar-refractivity contribution in [3.05, 3.63) is 41.0 Å². The Bertz CT molecular complexity index is 674. The fraction of sp³-hybridized carbons (Fsp3) is 0.444. The van der Waals surface area contributed by atoms with Crippen LogP contribution < -0.4 is 10.2 Å². The molecule has 1 aromatic heterocycles. The summed E-state index contributed by atoms with van der Waals surface area (Å²) in [6.07, 6.45) is 6.77. The van der Waals surface area contributed by atoms with Gasteiger partial charge in [0.15, 0.2) is 0 Å². The summed E-state index contributed by atoms with van der Waals surface area (Å²) < 4.78 is 0. The Kier molecular flexibility index (Phi) is 5.01. The first-order chi connectivity index (χ1) is 11.2. The van der Waals surface area contributed by atoms with Crippen LogP contribution in [0.1, 0.15) is 38.2 Å². The molecule has 2 aromatic rings. The van der Waals surface area contributed by atoms with E-state index >= 15 is 0 Å². The number of piperidine rings is 1. The molecular weight excluding hydrogens is 308 g/mol. The van der Waals surface area contributed by atoms with Crippen LogP contribution in [-0.2, 0) is 0 Å². The van der Waals surface area contributed by atoms with E-state index in [9.17, 15) is 0 Å². The fourth-order valence-corrected chi connectivity index (χ4v) is 3.32. The van der Waals surface area contributed by atoms with Crippen molar-refractivity contribution in [3.63, 3.8) is 0 Å². The molecule has 0 spiro atoms. The van der Waals surface area contributed by atoms with Gasteiger partial charge in [-0.2, -0.15) is 4.98 Å². The summed E-state index contributed by atoms with van der Waals surface area (Å²) in [7, 11) is 0. The van der Waals surface area contributed by atoms with Crippen LogP contribution in [0.4, 0.5) is 17.5 Å². The van der Waals surface area contributed by atoms with Crippen molar-refractivity contribution in [1.29, 1.82) is 0 Å². The molecular formula is C18H23ClN4. The number of anilines is 3. The molecule has 1 aromatic carbocycles. The van der Waals surface area contributed by atoms with E-state index in [4.69, 9.17) is 16.6 Å². The minimum absolute atomic E-state index is 0.583. The summed E-state index contributed by atoms with van der Waals surface area (Å²) in [5.41, 5.74) is 2.06. The van der Waals surface area contributed by atoms with Gasteiger partial charge in [0.05, 0.1) is 0 Å². The first-order valence-electron chi connectivity index (χ1n) is 8.30. The lowest BCUT2D eigenvalue weighted by molar-refractivity contribution is 0.447. The van der Waals surface area contributed by atoms with Crippen molar-refractivity contribution in [2.45, 2.75) is 45.6 Å². The summed E-state index contributed by atoms with van der Waals surface area (Å²) in [4.78, 5) is 11.5. The molecule has 23 heavy (non-hydrogen) atoms. The van der Waals surface area contributed by atoms with Gasteiger partial charge in [-0.25, -0.2) is 4.98 Å². The van der Waals surface area contributed by atoms with Crippen LogP contribution in [0.2, 0.25) is 5.02 Å². The minimum atomic E-state index is 0.583. The monoisotopic (exact) mass is 330 g/mol. The maximum Gasteiger partial charge on any atom is 0.229 e. The largest absolute Gasteiger partial charge is 0.353 e. The van der Waals surface area contributed by atoms with Gasteiger partial charge < -0.3 is 10.2 Å². The van der Waals surface area contributed by atoms with Crippen molar-refractivity contribution < 1.29 is 0 Å². The third kappa shape index (κ3) is 3.75. The highest BCUT2D eigenvalue weighted by atomic mass is 35.5. The van der Waals surface area contributed by atoms with Crippen molar-refractivity contribution in [2.24, 2.45) is 0 Å². The normalized spacial score (nSPS) is 18.0. The fourth-order valence-electron chi connectivity index (χ4n) is 3.15. The summed E-state index contributed by atoms with van der Waals surface area (Å²) >= 11 is 6.08. The quantitative estimate of drug-likeness (QED) is 0.861. The molecule has 3 rings (SSSR count). The molecule has 5 heteroatoms. The third-order valence-corrected chi connectivity index (χ3v) is 4.71. The summed E-state index contributed by atoms with van der Waals surface area (Å²) in [5, 5.41) is 4.00. The predicted octanol–water partition coefficient (Wildman–Crippen LogP) is 4.95. The average Bonchev–Trinajstić information content (AvgIpc) is 2.58. The van der Waals surface area contributed by atoms with E-state index in [0.29, 0.717) is 17.0 Å². The number of hydrogen-bond donors (Lipinski definition) is 1. The molecule has 0 amide bonds. The number of halogens is 1. The van der Waals surface area contributed by atoms with Crippen molar-refractivity contribution in [2.75, 3.05) is 16.8 Å². The lowest BCUT2D eigenvalue weighted by Gasteiger charge is -2.36. The van der Waals surface area contributed by atoms with Crippen molar-refractivity contribution >= 4 is 29.1 Å². The molecule has 1 saturated heterocycles. The van der Waals surface area contributed by atoms with Gasteiger partial charge in [-0.05, 0) is 56.4 Å². The lowest BCUT2D eigenvalue weighted by atomic mass is 10.0. The number of aryl methyl sites for hydroxylation is 1. The predicted molar refractivity (Wildman–Crippen MR) is 96.8 cm³/mol. The number of nitrogens with zero attached hydrogens (tertiary/aromatic N) is 3. The third-order valence-electron chi connectivity index (χ3n) is 4.48. The zero-order valence-electron chi connectivity index (χ0n) is 13.7. The Hall–Kier alpha value is -1.81. The molecule has 0 saturated carbocycles. The number of aromatic nitrogens is 2. The van der Waals surface area contributed by atoms with Gasteiger partial charge in [-0.1, -0.05) is 24.6 Å². The second-order valence-electron chi connectivity index (χ2n) is 6.07. The average molecular weight is 331 g/mol. The van der Waals surface area contributed by atoms with E-state index in [1.54, 1.807) is 0 Å². The molecule has 122 valence electrons. The van der Waals surface area contributed by atoms with Gasteiger partial charge in [-0.3, -0.25) is 0 Å². The van der Waals surface area contributed by atoms with Crippen LogP contribution in [0.15, 0.2) is 30.5 Å². The summed E-state index contributed by atoms with van der Waals surface area (Å²) in [6, 6.07) is 8.37. The van der Waals surface area contributed by atoms with Gasteiger partial charge >= 0.3 is 0 Å². The Balaban J connectivity index is 1.83. The zero-order chi connectivity index (χ0) is 16.2. The molecule has 1 aliphatic heterocycles. The zero-order valence-corrected chi connectivity index (χ0v) is 14.5. The molecule has 1 aliphatic rings.